The van der Waals surface area contributed by atoms with Gasteiger partial charge in [0.1, 0.15) is 0 Å². The Morgan fingerprint density at radius 1 is 1.29 bits per heavy atom. The molecule has 74 valence electrons. The molecule has 1 N–H and O–H groups in total. The molecular weight excluding hydrogens is 194 g/mol. The van der Waals surface area contributed by atoms with Crippen LogP contribution in [0.4, 0.5) is 5.69 Å². The summed E-state index contributed by atoms with van der Waals surface area (Å²) in [6.07, 6.45) is 0.609. The smallest absolute Gasteiger partial charge is 0.225 e. The first-order valence-corrected chi connectivity index (χ1v) is 5.69. The number of rotatable bonds is 0. The number of benzene rings is 1. The largest absolute Gasteiger partial charge is 0.325 e. The zero-order chi connectivity index (χ0) is 10.1. The maximum absolute atomic E-state index is 11.3. The Morgan fingerprint density at radius 3 is 2.79 bits per heavy atom. The minimum Gasteiger partial charge on any atom is -0.325 e. The van der Waals surface area contributed by atoms with E-state index in [0.717, 1.165) is 11.4 Å². The SMILES string of the molecule is Cc1cc2c(cc1C)SCCC(=O)N2. The van der Waals surface area contributed by atoms with Gasteiger partial charge in [0, 0.05) is 17.1 Å². The van der Waals surface area contributed by atoms with E-state index >= 15 is 0 Å². The van der Waals surface area contributed by atoms with Crippen LogP contribution in [0.25, 0.3) is 0 Å². The fraction of sp³-hybridized carbons (Fsp3) is 0.364. The average Bonchev–Trinajstić information content (AvgIpc) is 2.28. The molecule has 1 aromatic rings. The average molecular weight is 207 g/mol. The lowest BCUT2D eigenvalue weighted by Crippen LogP contribution is -2.10. The summed E-state index contributed by atoms with van der Waals surface area (Å²) in [4.78, 5) is 12.5. The van der Waals surface area contributed by atoms with Gasteiger partial charge in [0.15, 0.2) is 0 Å². The molecule has 0 aromatic heterocycles. The topological polar surface area (TPSA) is 29.1 Å². The van der Waals surface area contributed by atoms with E-state index in [1.165, 1.54) is 16.0 Å². The second kappa shape index (κ2) is 3.65. The van der Waals surface area contributed by atoms with Crippen LogP contribution in [0, 0.1) is 13.8 Å². The van der Waals surface area contributed by atoms with Crippen molar-refractivity contribution in [2.45, 2.75) is 25.2 Å². The van der Waals surface area contributed by atoms with Gasteiger partial charge in [-0.25, -0.2) is 0 Å². The molecule has 1 heterocycles. The first-order valence-electron chi connectivity index (χ1n) is 4.71. The number of fused-ring (bicyclic) bond motifs is 1. The molecule has 0 unspecified atom stereocenters. The van der Waals surface area contributed by atoms with Gasteiger partial charge in [-0.15, -0.1) is 11.8 Å². The number of aryl methyl sites for hydroxylation is 2. The third kappa shape index (κ3) is 1.77. The van der Waals surface area contributed by atoms with E-state index in [1.54, 1.807) is 11.8 Å². The predicted molar refractivity (Wildman–Crippen MR) is 59.9 cm³/mol. The highest BCUT2D eigenvalue weighted by atomic mass is 32.2. The number of hydrogen-bond donors (Lipinski definition) is 1. The number of amides is 1. The highest BCUT2D eigenvalue weighted by Crippen LogP contribution is 2.32. The summed E-state index contributed by atoms with van der Waals surface area (Å²) in [5.74, 6) is 1.00. The zero-order valence-corrected chi connectivity index (χ0v) is 9.20. The van der Waals surface area contributed by atoms with Gasteiger partial charge in [-0.1, -0.05) is 0 Å². The second-order valence-electron chi connectivity index (χ2n) is 3.58. The van der Waals surface area contributed by atoms with Gasteiger partial charge in [0.05, 0.1) is 5.69 Å². The Balaban J connectivity index is 2.46. The van der Waals surface area contributed by atoms with Crippen LogP contribution >= 0.6 is 11.8 Å². The van der Waals surface area contributed by atoms with Crippen molar-refractivity contribution in [3.05, 3.63) is 23.3 Å². The molecule has 2 nitrogen and oxygen atoms in total. The third-order valence-corrected chi connectivity index (χ3v) is 3.51. The standard InChI is InChI=1S/C11H13NOS/c1-7-5-9-10(6-8(7)2)14-4-3-11(13)12-9/h5-6H,3-4H2,1-2H3,(H,12,13). The van der Waals surface area contributed by atoms with Gasteiger partial charge >= 0.3 is 0 Å². The quantitative estimate of drug-likeness (QED) is 0.708. The fourth-order valence-electron chi connectivity index (χ4n) is 1.47. The van der Waals surface area contributed by atoms with E-state index < -0.39 is 0 Å². The van der Waals surface area contributed by atoms with Crippen molar-refractivity contribution in [1.82, 2.24) is 0 Å². The summed E-state index contributed by atoms with van der Waals surface area (Å²) < 4.78 is 0. The van der Waals surface area contributed by atoms with Crippen molar-refractivity contribution in [2.75, 3.05) is 11.1 Å². The predicted octanol–water partition coefficient (Wildman–Crippen LogP) is 2.74. The van der Waals surface area contributed by atoms with Crippen molar-refractivity contribution >= 4 is 23.4 Å². The fourth-order valence-corrected chi connectivity index (χ4v) is 2.51. The maximum Gasteiger partial charge on any atom is 0.225 e. The van der Waals surface area contributed by atoms with E-state index in [4.69, 9.17) is 0 Å². The molecule has 1 amide bonds. The van der Waals surface area contributed by atoms with Gasteiger partial charge in [-0.2, -0.15) is 0 Å². The third-order valence-electron chi connectivity index (χ3n) is 2.46. The summed E-state index contributed by atoms with van der Waals surface area (Å²) in [5.41, 5.74) is 3.49. The molecule has 1 aromatic carbocycles. The maximum atomic E-state index is 11.3. The molecule has 0 saturated carbocycles. The molecule has 3 heteroatoms. The van der Waals surface area contributed by atoms with Crippen LogP contribution in [-0.2, 0) is 4.79 Å². The monoisotopic (exact) mass is 207 g/mol. The normalized spacial score (nSPS) is 15.7. The number of carbonyl (C=O) groups is 1. The minimum absolute atomic E-state index is 0.125. The van der Waals surface area contributed by atoms with Crippen LogP contribution in [0.3, 0.4) is 0 Å². The molecule has 0 spiro atoms. The van der Waals surface area contributed by atoms with Crippen molar-refractivity contribution < 1.29 is 4.79 Å². The van der Waals surface area contributed by atoms with E-state index in [2.05, 4.69) is 31.3 Å². The summed E-state index contributed by atoms with van der Waals surface area (Å²) in [5, 5.41) is 2.93. The zero-order valence-electron chi connectivity index (χ0n) is 8.39. The summed E-state index contributed by atoms with van der Waals surface area (Å²) in [6, 6.07) is 4.21. The molecule has 0 atom stereocenters. The molecule has 0 aliphatic carbocycles. The van der Waals surface area contributed by atoms with E-state index in [1.807, 2.05) is 0 Å². The number of anilines is 1. The molecule has 0 radical (unpaired) electrons. The number of carbonyl (C=O) groups excluding carboxylic acids is 1. The Hall–Kier alpha value is -0.960. The summed E-state index contributed by atoms with van der Waals surface area (Å²) in [7, 11) is 0. The van der Waals surface area contributed by atoms with Crippen LogP contribution in [0.5, 0.6) is 0 Å². The second-order valence-corrected chi connectivity index (χ2v) is 4.72. The molecular formula is C11H13NOS. The molecule has 1 aliphatic rings. The van der Waals surface area contributed by atoms with Gasteiger partial charge in [-0.05, 0) is 37.1 Å². The molecule has 0 saturated heterocycles. The first kappa shape index (κ1) is 9.59. The number of hydrogen-bond acceptors (Lipinski definition) is 2. The molecule has 0 fully saturated rings. The van der Waals surface area contributed by atoms with Crippen molar-refractivity contribution in [2.24, 2.45) is 0 Å². The molecule has 1 aliphatic heterocycles. The van der Waals surface area contributed by atoms with Crippen LogP contribution in [0.2, 0.25) is 0 Å². The Kier molecular flexibility index (Phi) is 2.50. The van der Waals surface area contributed by atoms with Crippen molar-refractivity contribution in [3.8, 4) is 0 Å². The van der Waals surface area contributed by atoms with E-state index in [0.29, 0.717) is 6.42 Å². The lowest BCUT2D eigenvalue weighted by atomic mass is 10.1. The molecule has 2 rings (SSSR count). The molecule has 14 heavy (non-hydrogen) atoms. The van der Waals surface area contributed by atoms with E-state index in [-0.39, 0.29) is 5.91 Å². The number of nitrogens with one attached hydrogen (secondary N) is 1. The van der Waals surface area contributed by atoms with Crippen molar-refractivity contribution in [1.29, 1.82) is 0 Å². The van der Waals surface area contributed by atoms with Crippen molar-refractivity contribution in [3.63, 3.8) is 0 Å². The minimum atomic E-state index is 0.125. The Labute approximate surface area is 88.1 Å². The van der Waals surface area contributed by atoms with Crippen LogP contribution in [-0.4, -0.2) is 11.7 Å². The van der Waals surface area contributed by atoms with Gasteiger partial charge in [-0.3, -0.25) is 4.79 Å². The Morgan fingerprint density at radius 2 is 2.00 bits per heavy atom. The lowest BCUT2D eigenvalue weighted by Gasteiger charge is -2.09. The van der Waals surface area contributed by atoms with Gasteiger partial charge in [0.25, 0.3) is 0 Å². The number of thioether (sulfide) groups is 1. The van der Waals surface area contributed by atoms with Crippen LogP contribution in [0.1, 0.15) is 17.5 Å². The molecule has 0 bridgehead atoms. The highest BCUT2D eigenvalue weighted by Gasteiger charge is 2.13. The lowest BCUT2D eigenvalue weighted by molar-refractivity contribution is -0.115. The van der Waals surface area contributed by atoms with Gasteiger partial charge in [0.2, 0.25) is 5.91 Å². The summed E-state index contributed by atoms with van der Waals surface area (Å²) in [6.45, 7) is 4.17. The van der Waals surface area contributed by atoms with E-state index in [9.17, 15) is 4.79 Å². The summed E-state index contributed by atoms with van der Waals surface area (Å²) >= 11 is 1.75. The van der Waals surface area contributed by atoms with Crippen LogP contribution < -0.4 is 5.32 Å². The Bertz CT molecular complexity index is 387. The first-order chi connectivity index (χ1) is 6.66. The highest BCUT2D eigenvalue weighted by molar-refractivity contribution is 7.99. The van der Waals surface area contributed by atoms with Gasteiger partial charge < -0.3 is 5.32 Å². The van der Waals surface area contributed by atoms with Crippen LogP contribution in [0.15, 0.2) is 17.0 Å².